The molecule has 29 heavy (non-hydrogen) atoms. The molecule has 2 N–H and O–H groups in total. The smallest absolute Gasteiger partial charge is 0.325 e. The molecule has 2 amide bonds. The zero-order valence-electron chi connectivity index (χ0n) is 17.6. The van der Waals surface area contributed by atoms with Crippen LogP contribution in [0.15, 0.2) is 48.5 Å². The number of urea groups is 1. The Balaban J connectivity index is 1.90. The van der Waals surface area contributed by atoms with E-state index in [-0.39, 0.29) is 12.1 Å². The number of carbonyl (C=O) groups is 1. The topological polar surface area (TPSA) is 52.8 Å². The van der Waals surface area contributed by atoms with Gasteiger partial charge in [0, 0.05) is 25.7 Å². The summed E-state index contributed by atoms with van der Waals surface area (Å²) in [6.45, 7) is 7.81. The first kappa shape index (κ1) is 21.2. The number of nitrogens with two attached hydrogens (primary N) is 1. The van der Waals surface area contributed by atoms with Gasteiger partial charge in [0.25, 0.3) is 0 Å². The van der Waals surface area contributed by atoms with Gasteiger partial charge in [0.15, 0.2) is 0 Å². The van der Waals surface area contributed by atoms with Gasteiger partial charge in [0.05, 0.1) is 11.4 Å². The molecule has 1 saturated carbocycles. The first-order valence-electron chi connectivity index (χ1n) is 10.4. The summed E-state index contributed by atoms with van der Waals surface area (Å²) in [5, 5.41) is 0. The van der Waals surface area contributed by atoms with Gasteiger partial charge in [-0.1, -0.05) is 49.2 Å². The van der Waals surface area contributed by atoms with Crippen molar-refractivity contribution in [1.82, 2.24) is 9.80 Å². The van der Waals surface area contributed by atoms with Gasteiger partial charge in [-0.15, -0.1) is 0 Å². The molecule has 5 nitrogen and oxygen atoms in total. The summed E-state index contributed by atoms with van der Waals surface area (Å²) in [6.07, 6.45) is 4.33. The second-order valence-electron chi connectivity index (χ2n) is 8.12. The number of likely N-dealkylation sites (N-methyl/N-ethyl adjacent to an activating group) is 1. The third-order valence-electron chi connectivity index (χ3n) is 5.53. The average molecular weight is 393 g/mol. The summed E-state index contributed by atoms with van der Waals surface area (Å²) in [6, 6.07) is 15.6. The molecular formula is C24H32N4O. The quantitative estimate of drug-likeness (QED) is 0.716. The summed E-state index contributed by atoms with van der Waals surface area (Å²) in [4.78, 5) is 19.8. The van der Waals surface area contributed by atoms with Crippen LogP contribution in [0.1, 0.15) is 36.8 Å². The number of nitrogen functional groups attached to an aromatic ring is 1. The lowest BCUT2D eigenvalue weighted by Crippen LogP contribution is -2.49. The molecule has 2 aromatic carbocycles. The summed E-state index contributed by atoms with van der Waals surface area (Å²) in [7, 11) is 4.05. The first-order chi connectivity index (χ1) is 14.0. The van der Waals surface area contributed by atoms with Crippen LogP contribution in [0, 0.1) is 6.92 Å². The third kappa shape index (κ3) is 5.51. The van der Waals surface area contributed by atoms with Gasteiger partial charge in [0.1, 0.15) is 0 Å². The van der Waals surface area contributed by atoms with E-state index >= 15 is 0 Å². The number of benzene rings is 2. The van der Waals surface area contributed by atoms with Gasteiger partial charge < -0.3 is 15.5 Å². The summed E-state index contributed by atoms with van der Waals surface area (Å²) < 4.78 is 0. The Hall–Kier alpha value is -2.53. The molecule has 0 aromatic heterocycles. The van der Waals surface area contributed by atoms with E-state index in [1.807, 2.05) is 72.4 Å². The van der Waals surface area contributed by atoms with E-state index in [1.165, 1.54) is 0 Å². The van der Waals surface area contributed by atoms with Gasteiger partial charge in [0.2, 0.25) is 0 Å². The maximum absolute atomic E-state index is 13.8. The standard InChI is InChI=1S/C24H32N4O/c1-19-12-14-20(15-13-19)18-27(17-16-26(2)3)24(29)28(21-8-4-5-9-21)23-11-7-6-10-22(23)25/h1,6-7,10-15,21H,4-5,8-9,16-18,25H2,2-3H3. The number of anilines is 2. The van der Waals surface area contributed by atoms with Crippen molar-refractivity contribution in [2.45, 2.75) is 38.3 Å². The molecule has 0 unspecified atom stereocenters. The molecule has 0 spiro atoms. The van der Waals surface area contributed by atoms with Crippen LogP contribution in [0.2, 0.25) is 0 Å². The highest BCUT2D eigenvalue weighted by molar-refractivity contribution is 5.95. The van der Waals surface area contributed by atoms with E-state index in [4.69, 9.17) is 12.7 Å². The van der Waals surface area contributed by atoms with Crippen molar-refractivity contribution in [3.63, 3.8) is 0 Å². The normalized spacial score (nSPS) is 14.3. The van der Waals surface area contributed by atoms with Crippen molar-refractivity contribution < 1.29 is 4.79 Å². The number of nitrogens with zero attached hydrogens (tertiary/aromatic N) is 3. The molecule has 2 aromatic rings. The highest BCUT2D eigenvalue weighted by atomic mass is 16.2. The van der Waals surface area contributed by atoms with Crippen molar-refractivity contribution in [1.29, 1.82) is 0 Å². The average Bonchev–Trinajstić information content (AvgIpc) is 3.22. The molecular weight excluding hydrogens is 360 g/mol. The second-order valence-corrected chi connectivity index (χ2v) is 8.12. The Kier molecular flexibility index (Phi) is 7.15. The van der Waals surface area contributed by atoms with E-state index in [0.717, 1.165) is 49.0 Å². The van der Waals surface area contributed by atoms with Crippen LogP contribution in [0.25, 0.3) is 0 Å². The molecule has 5 heteroatoms. The maximum Gasteiger partial charge on any atom is 0.325 e. The Morgan fingerprint density at radius 1 is 1.03 bits per heavy atom. The SMILES string of the molecule is [CH]c1ccc(CN(CCN(C)C)C(=O)N(c2ccccc2N)C2CCCC2)cc1. The number of carbonyl (C=O) groups excluding carboxylic acids is 1. The minimum Gasteiger partial charge on any atom is -0.397 e. The molecule has 1 fully saturated rings. The van der Waals surface area contributed by atoms with Gasteiger partial charge in [-0.3, -0.25) is 4.90 Å². The lowest BCUT2D eigenvalue weighted by atomic mass is 10.1. The molecule has 1 aliphatic rings. The zero-order valence-corrected chi connectivity index (χ0v) is 17.6. The fraction of sp³-hybridized carbons (Fsp3) is 0.417. The largest absolute Gasteiger partial charge is 0.397 e. The molecule has 0 aliphatic heterocycles. The Morgan fingerprint density at radius 2 is 1.69 bits per heavy atom. The van der Waals surface area contributed by atoms with E-state index in [2.05, 4.69) is 4.90 Å². The number of para-hydroxylation sites is 2. The van der Waals surface area contributed by atoms with Crippen LogP contribution in [0.5, 0.6) is 0 Å². The van der Waals surface area contributed by atoms with Crippen LogP contribution in [-0.4, -0.2) is 49.1 Å². The van der Waals surface area contributed by atoms with E-state index < -0.39 is 0 Å². The Bertz CT molecular complexity index is 797. The highest BCUT2D eigenvalue weighted by Gasteiger charge is 2.32. The minimum atomic E-state index is 0.0217. The molecule has 1 aliphatic carbocycles. The zero-order chi connectivity index (χ0) is 20.8. The monoisotopic (exact) mass is 392 g/mol. The predicted octanol–water partition coefficient (Wildman–Crippen LogP) is 4.26. The number of amides is 2. The summed E-state index contributed by atoms with van der Waals surface area (Å²) >= 11 is 0. The van der Waals surface area contributed by atoms with Crippen LogP contribution >= 0.6 is 0 Å². The van der Waals surface area contributed by atoms with Crippen LogP contribution in [-0.2, 0) is 6.54 Å². The van der Waals surface area contributed by atoms with Crippen molar-refractivity contribution in [2.75, 3.05) is 37.8 Å². The van der Waals surface area contributed by atoms with Gasteiger partial charge in [-0.25, -0.2) is 4.79 Å². The molecule has 3 rings (SSSR count). The molecule has 0 saturated heterocycles. The summed E-state index contributed by atoms with van der Waals surface area (Å²) in [5.41, 5.74) is 9.54. The molecule has 0 heterocycles. The van der Waals surface area contributed by atoms with E-state index in [1.54, 1.807) is 0 Å². The summed E-state index contributed by atoms with van der Waals surface area (Å²) in [5.74, 6) is 0. The molecule has 154 valence electrons. The lowest BCUT2D eigenvalue weighted by molar-refractivity contribution is 0.193. The van der Waals surface area contributed by atoms with Crippen LogP contribution in [0.4, 0.5) is 16.2 Å². The molecule has 0 atom stereocenters. The van der Waals surface area contributed by atoms with Crippen molar-refractivity contribution >= 4 is 17.4 Å². The van der Waals surface area contributed by atoms with Gasteiger partial charge in [-0.2, -0.15) is 0 Å². The molecule has 0 bridgehead atoms. The lowest BCUT2D eigenvalue weighted by Gasteiger charge is -2.36. The molecule has 2 radical (unpaired) electrons. The number of rotatable bonds is 7. The Morgan fingerprint density at radius 3 is 2.31 bits per heavy atom. The maximum atomic E-state index is 13.8. The van der Waals surface area contributed by atoms with Crippen molar-refractivity contribution in [2.24, 2.45) is 0 Å². The van der Waals surface area contributed by atoms with E-state index in [0.29, 0.717) is 18.8 Å². The third-order valence-corrected chi connectivity index (χ3v) is 5.53. The fourth-order valence-corrected chi connectivity index (χ4v) is 3.88. The number of hydrogen-bond acceptors (Lipinski definition) is 3. The van der Waals surface area contributed by atoms with Crippen molar-refractivity contribution in [3.8, 4) is 0 Å². The van der Waals surface area contributed by atoms with Gasteiger partial charge in [-0.05, 0) is 57.1 Å². The predicted molar refractivity (Wildman–Crippen MR) is 120 cm³/mol. The van der Waals surface area contributed by atoms with Crippen LogP contribution in [0.3, 0.4) is 0 Å². The van der Waals surface area contributed by atoms with Crippen molar-refractivity contribution in [3.05, 3.63) is 66.6 Å². The Labute approximate surface area is 175 Å². The van der Waals surface area contributed by atoms with E-state index in [9.17, 15) is 4.79 Å². The minimum absolute atomic E-state index is 0.0217. The highest BCUT2D eigenvalue weighted by Crippen LogP contribution is 2.33. The van der Waals surface area contributed by atoms with Crippen LogP contribution < -0.4 is 10.6 Å². The van der Waals surface area contributed by atoms with Gasteiger partial charge >= 0.3 is 6.03 Å². The fourth-order valence-electron chi connectivity index (χ4n) is 3.88. The first-order valence-corrected chi connectivity index (χ1v) is 10.4. The number of hydrogen-bond donors (Lipinski definition) is 1. The second kappa shape index (κ2) is 9.79.